The molecule has 0 unspecified atom stereocenters. The Bertz CT molecular complexity index is 718. The SMILES string of the molecule is CNS(=O)(=O)c1ccc2c(c1)N(C(=O)CCC1CCNCC1)CC2.Cl. The third-order valence-corrected chi connectivity index (χ3v) is 6.47. The summed E-state index contributed by atoms with van der Waals surface area (Å²) in [6.45, 7) is 2.72. The quantitative estimate of drug-likeness (QED) is 0.805. The zero-order valence-corrected chi connectivity index (χ0v) is 16.1. The number of nitrogens with one attached hydrogen (secondary N) is 2. The smallest absolute Gasteiger partial charge is 0.240 e. The largest absolute Gasteiger partial charge is 0.317 e. The third-order valence-electron chi connectivity index (χ3n) is 5.06. The third kappa shape index (κ3) is 4.53. The van der Waals surface area contributed by atoms with Crippen LogP contribution in [0.5, 0.6) is 0 Å². The molecule has 2 aliphatic heterocycles. The summed E-state index contributed by atoms with van der Waals surface area (Å²) in [7, 11) is -2.10. The number of amides is 1. The van der Waals surface area contributed by atoms with Gasteiger partial charge in [0, 0.05) is 18.7 Å². The molecule has 0 bridgehead atoms. The van der Waals surface area contributed by atoms with E-state index in [4.69, 9.17) is 0 Å². The minimum Gasteiger partial charge on any atom is -0.317 e. The van der Waals surface area contributed by atoms with Crippen molar-refractivity contribution < 1.29 is 13.2 Å². The molecule has 1 aromatic rings. The molecule has 140 valence electrons. The average Bonchev–Trinajstić information content (AvgIpc) is 3.04. The highest BCUT2D eigenvalue weighted by Gasteiger charge is 2.27. The van der Waals surface area contributed by atoms with Crippen molar-refractivity contribution in [1.82, 2.24) is 10.0 Å². The van der Waals surface area contributed by atoms with Gasteiger partial charge in [0.2, 0.25) is 15.9 Å². The standard InChI is InChI=1S/C17H25N3O3S.ClH/c1-18-24(22,23)15-4-3-14-8-11-20(16(14)12-15)17(21)5-2-13-6-9-19-10-7-13;/h3-4,12-13,18-19H,2,5-11H2,1H3;1H. The number of nitrogens with zero attached hydrogens (tertiary/aromatic N) is 1. The van der Waals surface area contributed by atoms with Crippen LogP contribution in [0.4, 0.5) is 5.69 Å². The number of anilines is 1. The van der Waals surface area contributed by atoms with Crippen LogP contribution in [0.3, 0.4) is 0 Å². The molecule has 0 spiro atoms. The molecule has 2 N–H and O–H groups in total. The van der Waals surface area contributed by atoms with Crippen LogP contribution in [0.15, 0.2) is 23.1 Å². The van der Waals surface area contributed by atoms with Gasteiger partial charge in [-0.05, 0) is 69.4 Å². The Kier molecular flexibility index (Phi) is 6.85. The van der Waals surface area contributed by atoms with E-state index in [1.54, 1.807) is 17.0 Å². The second kappa shape index (κ2) is 8.49. The molecule has 2 heterocycles. The number of fused-ring (bicyclic) bond motifs is 1. The van der Waals surface area contributed by atoms with Gasteiger partial charge in [0.25, 0.3) is 0 Å². The molecular formula is C17H26ClN3O3S. The first-order chi connectivity index (χ1) is 11.5. The summed E-state index contributed by atoms with van der Waals surface area (Å²) in [6, 6.07) is 5.05. The fraction of sp³-hybridized carbons (Fsp3) is 0.588. The Morgan fingerprint density at radius 3 is 2.72 bits per heavy atom. The zero-order valence-electron chi connectivity index (χ0n) is 14.5. The van der Waals surface area contributed by atoms with Gasteiger partial charge in [-0.3, -0.25) is 4.79 Å². The number of rotatable bonds is 5. The molecule has 1 aromatic carbocycles. The van der Waals surface area contributed by atoms with Crippen LogP contribution in [-0.2, 0) is 21.2 Å². The normalized spacial score (nSPS) is 17.9. The number of piperidine rings is 1. The lowest BCUT2D eigenvalue weighted by atomic mass is 9.93. The van der Waals surface area contributed by atoms with E-state index in [1.165, 1.54) is 7.05 Å². The topological polar surface area (TPSA) is 78.5 Å². The van der Waals surface area contributed by atoms with Crippen molar-refractivity contribution in [2.24, 2.45) is 5.92 Å². The molecule has 25 heavy (non-hydrogen) atoms. The Hall–Kier alpha value is -1.15. The first-order valence-corrected chi connectivity index (χ1v) is 10.1. The molecule has 0 atom stereocenters. The predicted molar refractivity (Wildman–Crippen MR) is 101 cm³/mol. The highest BCUT2D eigenvalue weighted by molar-refractivity contribution is 7.89. The van der Waals surface area contributed by atoms with E-state index in [2.05, 4.69) is 10.0 Å². The predicted octanol–water partition coefficient (Wildman–Crippen LogP) is 1.69. The number of benzene rings is 1. The molecule has 0 aliphatic carbocycles. The lowest BCUT2D eigenvalue weighted by Crippen LogP contribution is -2.31. The van der Waals surface area contributed by atoms with E-state index < -0.39 is 10.0 Å². The average molecular weight is 388 g/mol. The summed E-state index contributed by atoms with van der Waals surface area (Å²) in [4.78, 5) is 14.6. The van der Waals surface area contributed by atoms with E-state index in [-0.39, 0.29) is 23.2 Å². The zero-order chi connectivity index (χ0) is 17.2. The number of hydrogen-bond acceptors (Lipinski definition) is 4. The van der Waals surface area contributed by atoms with Gasteiger partial charge >= 0.3 is 0 Å². The number of carbonyl (C=O) groups is 1. The maximum atomic E-state index is 12.6. The Balaban J connectivity index is 0.00000225. The van der Waals surface area contributed by atoms with Crippen molar-refractivity contribution in [2.75, 3.05) is 31.6 Å². The van der Waals surface area contributed by atoms with Crippen LogP contribution in [0.1, 0.15) is 31.2 Å². The molecule has 6 nitrogen and oxygen atoms in total. The minimum atomic E-state index is -3.49. The Morgan fingerprint density at radius 2 is 2.04 bits per heavy atom. The molecule has 3 rings (SSSR count). The molecule has 1 fully saturated rings. The van der Waals surface area contributed by atoms with Gasteiger partial charge in [-0.1, -0.05) is 6.07 Å². The summed E-state index contributed by atoms with van der Waals surface area (Å²) in [5.74, 6) is 0.722. The summed E-state index contributed by atoms with van der Waals surface area (Å²) in [5, 5.41) is 3.34. The van der Waals surface area contributed by atoms with Crippen LogP contribution in [0.2, 0.25) is 0 Å². The Labute approximate surface area is 155 Å². The van der Waals surface area contributed by atoms with Gasteiger partial charge in [-0.15, -0.1) is 12.4 Å². The minimum absolute atomic E-state index is 0. The van der Waals surface area contributed by atoms with Crippen molar-refractivity contribution in [3.05, 3.63) is 23.8 Å². The molecule has 0 saturated carbocycles. The van der Waals surface area contributed by atoms with Crippen LogP contribution in [0, 0.1) is 5.92 Å². The second-order valence-electron chi connectivity index (χ2n) is 6.53. The van der Waals surface area contributed by atoms with Gasteiger partial charge in [0.15, 0.2) is 0 Å². The fourth-order valence-electron chi connectivity index (χ4n) is 3.54. The highest BCUT2D eigenvalue weighted by Crippen LogP contribution is 2.31. The van der Waals surface area contributed by atoms with E-state index in [0.29, 0.717) is 18.9 Å². The molecule has 0 aromatic heterocycles. The molecule has 2 aliphatic rings. The van der Waals surface area contributed by atoms with Gasteiger partial charge in [0.1, 0.15) is 0 Å². The summed E-state index contributed by atoms with van der Waals surface area (Å²) >= 11 is 0. The van der Waals surface area contributed by atoms with Gasteiger partial charge in [0.05, 0.1) is 4.90 Å². The van der Waals surface area contributed by atoms with Crippen molar-refractivity contribution in [1.29, 1.82) is 0 Å². The monoisotopic (exact) mass is 387 g/mol. The van der Waals surface area contributed by atoms with Crippen LogP contribution < -0.4 is 14.9 Å². The molecule has 1 saturated heterocycles. The van der Waals surface area contributed by atoms with E-state index in [9.17, 15) is 13.2 Å². The first kappa shape index (κ1) is 20.2. The van der Waals surface area contributed by atoms with Gasteiger partial charge in [-0.25, -0.2) is 13.1 Å². The first-order valence-electron chi connectivity index (χ1n) is 8.59. The van der Waals surface area contributed by atoms with Crippen LogP contribution in [0.25, 0.3) is 0 Å². The molecule has 0 radical (unpaired) electrons. The van der Waals surface area contributed by atoms with Crippen molar-refractivity contribution in [3.8, 4) is 0 Å². The molecule has 8 heteroatoms. The lowest BCUT2D eigenvalue weighted by Gasteiger charge is -2.24. The summed E-state index contributed by atoms with van der Waals surface area (Å²) in [6.07, 6.45) is 4.51. The lowest BCUT2D eigenvalue weighted by molar-refractivity contribution is -0.118. The number of hydrogen-bond donors (Lipinski definition) is 2. The van der Waals surface area contributed by atoms with Gasteiger partial charge < -0.3 is 10.2 Å². The van der Waals surface area contributed by atoms with Crippen molar-refractivity contribution in [2.45, 2.75) is 37.0 Å². The van der Waals surface area contributed by atoms with E-state index >= 15 is 0 Å². The highest BCUT2D eigenvalue weighted by atomic mass is 35.5. The van der Waals surface area contributed by atoms with Crippen LogP contribution >= 0.6 is 12.4 Å². The summed E-state index contributed by atoms with van der Waals surface area (Å²) in [5.41, 5.74) is 1.79. The van der Waals surface area contributed by atoms with Gasteiger partial charge in [-0.2, -0.15) is 0 Å². The van der Waals surface area contributed by atoms with Crippen LogP contribution in [-0.4, -0.2) is 41.0 Å². The molecule has 1 amide bonds. The summed E-state index contributed by atoms with van der Waals surface area (Å²) < 4.78 is 26.3. The maximum Gasteiger partial charge on any atom is 0.240 e. The molecular weight excluding hydrogens is 362 g/mol. The second-order valence-corrected chi connectivity index (χ2v) is 8.41. The van der Waals surface area contributed by atoms with Crippen molar-refractivity contribution >= 4 is 34.0 Å². The maximum absolute atomic E-state index is 12.6. The number of carbonyl (C=O) groups excluding carboxylic acids is 1. The number of sulfonamides is 1. The Morgan fingerprint density at radius 1 is 1.32 bits per heavy atom. The van der Waals surface area contributed by atoms with E-state index in [1.807, 2.05) is 6.07 Å². The van der Waals surface area contributed by atoms with E-state index in [0.717, 1.165) is 50.0 Å². The number of halogens is 1. The van der Waals surface area contributed by atoms with Crippen molar-refractivity contribution in [3.63, 3.8) is 0 Å². The fourth-order valence-corrected chi connectivity index (χ4v) is 4.29.